The van der Waals surface area contributed by atoms with E-state index in [0.29, 0.717) is 16.4 Å². The van der Waals surface area contributed by atoms with Gasteiger partial charge in [0.2, 0.25) is 0 Å². The summed E-state index contributed by atoms with van der Waals surface area (Å²) in [5, 5.41) is 21.8. The third-order valence-electron chi connectivity index (χ3n) is 3.10. The molecule has 0 radical (unpaired) electrons. The lowest BCUT2D eigenvalue weighted by molar-refractivity contribution is 0.451. The molecule has 2 N–H and O–H groups in total. The molecule has 112 valence electrons. The van der Waals surface area contributed by atoms with Crippen LogP contribution in [-0.4, -0.2) is 19.8 Å². The van der Waals surface area contributed by atoms with Gasteiger partial charge in [-0.2, -0.15) is 0 Å². The Kier molecular flexibility index (Phi) is 3.87. The van der Waals surface area contributed by atoms with Gasteiger partial charge < -0.3 is 14.8 Å². The lowest BCUT2D eigenvalue weighted by atomic mass is 10.1. The number of aromatic hydroxyl groups is 2. The SMILES string of the molecule is Cn1c(-c2ccc(O)cc2O)csc1=Nc1ccc(Cl)cn1. The molecular formula is C15H12ClN3O2S. The molecule has 0 saturated heterocycles. The van der Waals surface area contributed by atoms with E-state index in [1.54, 1.807) is 24.4 Å². The number of hydrogen-bond donors (Lipinski definition) is 2. The molecule has 2 aromatic heterocycles. The zero-order valence-electron chi connectivity index (χ0n) is 11.6. The average molecular weight is 334 g/mol. The summed E-state index contributed by atoms with van der Waals surface area (Å²) < 4.78 is 1.85. The third-order valence-corrected chi connectivity index (χ3v) is 4.24. The van der Waals surface area contributed by atoms with Gasteiger partial charge in [0.1, 0.15) is 11.5 Å². The highest BCUT2D eigenvalue weighted by Crippen LogP contribution is 2.31. The summed E-state index contributed by atoms with van der Waals surface area (Å²) in [4.78, 5) is 9.33. The number of nitrogens with zero attached hydrogens (tertiary/aromatic N) is 3. The van der Waals surface area contributed by atoms with Crippen molar-refractivity contribution in [1.29, 1.82) is 0 Å². The van der Waals surface area contributed by atoms with Gasteiger partial charge in [-0.15, -0.1) is 11.3 Å². The first-order chi connectivity index (χ1) is 10.5. The Hall–Kier alpha value is -2.31. The van der Waals surface area contributed by atoms with Gasteiger partial charge in [-0.05, 0) is 24.3 Å². The molecule has 0 unspecified atom stereocenters. The fraction of sp³-hybridized carbons (Fsp3) is 0.0667. The quantitative estimate of drug-likeness (QED) is 0.754. The number of thiazole rings is 1. The summed E-state index contributed by atoms with van der Waals surface area (Å²) in [6, 6.07) is 7.97. The van der Waals surface area contributed by atoms with Crippen molar-refractivity contribution >= 4 is 28.8 Å². The summed E-state index contributed by atoms with van der Waals surface area (Å²) in [7, 11) is 1.85. The number of phenols is 2. The minimum absolute atomic E-state index is 0.0181. The van der Waals surface area contributed by atoms with Crippen molar-refractivity contribution in [3.63, 3.8) is 0 Å². The molecule has 3 rings (SSSR count). The lowest BCUT2D eigenvalue weighted by Crippen LogP contribution is -2.11. The van der Waals surface area contributed by atoms with Crippen molar-refractivity contribution in [2.45, 2.75) is 0 Å². The molecule has 0 aliphatic heterocycles. The van der Waals surface area contributed by atoms with Crippen LogP contribution in [0.4, 0.5) is 5.82 Å². The van der Waals surface area contributed by atoms with Crippen molar-refractivity contribution in [2.75, 3.05) is 0 Å². The smallest absolute Gasteiger partial charge is 0.191 e. The topological polar surface area (TPSA) is 70.6 Å². The molecule has 1 aromatic carbocycles. The van der Waals surface area contributed by atoms with Crippen LogP contribution in [0.2, 0.25) is 5.02 Å². The van der Waals surface area contributed by atoms with Crippen LogP contribution in [0.5, 0.6) is 11.5 Å². The summed E-state index contributed by atoms with van der Waals surface area (Å²) >= 11 is 7.24. The van der Waals surface area contributed by atoms with E-state index in [9.17, 15) is 10.2 Å². The summed E-state index contributed by atoms with van der Waals surface area (Å²) in [6.07, 6.45) is 1.54. The van der Waals surface area contributed by atoms with E-state index in [2.05, 4.69) is 9.98 Å². The molecule has 5 nitrogen and oxygen atoms in total. The van der Waals surface area contributed by atoms with Gasteiger partial charge in [-0.25, -0.2) is 9.98 Å². The standard InChI is InChI=1S/C15H12ClN3O2S/c1-19-12(11-4-3-10(20)6-13(11)21)8-22-15(19)18-14-5-2-9(16)7-17-14/h2-8,20-21H,1H3. The maximum Gasteiger partial charge on any atom is 0.191 e. The first-order valence-corrected chi connectivity index (χ1v) is 7.63. The Morgan fingerprint density at radius 3 is 2.73 bits per heavy atom. The van der Waals surface area contributed by atoms with Crippen LogP contribution in [0.25, 0.3) is 11.3 Å². The fourth-order valence-electron chi connectivity index (χ4n) is 1.98. The molecule has 2 heterocycles. The molecule has 0 bridgehead atoms. The Bertz CT molecular complexity index is 885. The second-order valence-corrected chi connectivity index (χ2v) is 5.88. The number of rotatable bonds is 2. The van der Waals surface area contributed by atoms with Crippen molar-refractivity contribution in [3.05, 3.63) is 51.7 Å². The normalized spacial score (nSPS) is 11.8. The molecule has 7 heteroatoms. The predicted molar refractivity (Wildman–Crippen MR) is 86.5 cm³/mol. The van der Waals surface area contributed by atoms with Gasteiger partial charge in [0, 0.05) is 30.3 Å². The van der Waals surface area contributed by atoms with Crippen LogP contribution < -0.4 is 4.80 Å². The van der Waals surface area contributed by atoms with Gasteiger partial charge in [0.15, 0.2) is 10.6 Å². The molecule has 22 heavy (non-hydrogen) atoms. The number of hydrogen-bond acceptors (Lipinski definition) is 5. The van der Waals surface area contributed by atoms with Crippen LogP contribution in [0.15, 0.2) is 46.9 Å². The number of phenolic OH excluding ortho intramolecular Hbond substituents is 2. The van der Waals surface area contributed by atoms with Crippen LogP contribution in [-0.2, 0) is 7.05 Å². The number of benzene rings is 1. The van der Waals surface area contributed by atoms with E-state index in [4.69, 9.17) is 11.6 Å². The van der Waals surface area contributed by atoms with Crippen molar-refractivity contribution in [3.8, 4) is 22.8 Å². The van der Waals surface area contributed by atoms with E-state index >= 15 is 0 Å². The van der Waals surface area contributed by atoms with Gasteiger partial charge in [0.25, 0.3) is 0 Å². The second kappa shape index (κ2) is 5.82. The Morgan fingerprint density at radius 1 is 1.23 bits per heavy atom. The number of aromatic nitrogens is 2. The van der Waals surface area contributed by atoms with Gasteiger partial charge in [0.05, 0.1) is 10.7 Å². The summed E-state index contributed by atoms with van der Waals surface area (Å²) in [6.45, 7) is 0. The maximum atomic E-state index is 9.97. The summed E-state index contributed by atoms with van der Waals surface area (Å²) in [5.74, 6) is 0.599. The van der Waals surface area contributed by atoms with Crippen molar-refractivity contribution < 1.29 is 10.2 Å². The minimum atomic E-state index is 0.0181. The van der Waals surface area contributed by atoms with Crippen LogP contribution in [0, 0.1) is 0 Å². The molecule has 0 aliphatic rings. The minimum Gasteiger partial charge on any atom is -0.508 e. The van der Waals surface area contributed by atoms with Gasteiger partial charge in [-0.3, -0.25) is 0 Å². The Morgan fingerprint density at radius 2 is 2.05 bits per heavy atom. The fourth-order valence-corrected chi connectivity index (χ4v) is 3.00. The first-order valence-electron chi connectivity index (χ1n) is 6.38. The molecule has 0 aliphatic carbocycles. The highest BCUT2D eigenvalue weighted by atomic mass is 35.5. The summed E-state index contributed by atoms with van der Waals surface area (Å²) in [5.41, 5.74) is 1.43. The van der Waals surface area contributed by atoms with E-state index in [-0.39, 0.29) is 11.5 Å². The lowest BCUT2D eigenvalue weighted by Gasteiger charge is -2.05. The molecule has 0 amide bonds. The number of pyridine rings is 1. The zero-order valence-corrected chi connectivity index (χ0v) is 13.1. The molecule has 0 spiro atoms. The monoisotopic (exact) mass is 333 g/mol. The largest absolute Gasteiger partial charge is 0.508 e. The highest BCUT2D eigenvalue weighted by Gasteiger charge is 2.10. The molecular weight excluding hydrogens is 322 g/mol. The van der Waals surface area contributed by atoms with Crippen LogP contribution >= 0.6 is 22.9 Å². The van der Waals surface area contributed by atoms with Crippen LogP contribution in [0.1, 0.15) is 0 Å². The molecule has 3 aromatic rings. The Balaban J connectivity index is 2.07. The van der Waals surface area contributed by atoms with Gasteiger partial charge >= 0.3 is 0 Å². The highest BCUT2D eigenvalue weighted by molar-refractivity contribution is 7.07. The van der Waals surface area contributed by atoms with E-state index in [1.807, 2.05) is 17.0 Å². The number of halogens is 1. The van der Waals surface area contributed by atoms with Crippen molar-refractivity contribution in [2.24, 2.45) is 12.0 Å². The molecule has 0 saturated carbocycles. The molecule has 0 fully saturated rings. The van der Waals surface area contributed by atoms with Crippen molar-refractivity contribution in [1.82, 2.24) is 9.55 Å². The third kappa shape index (κ3) is 2.84. The zero-order chi connectivity index (χ0) is 15.7. The maximum absolute atomic E-state index is 9.97. The Labute approximate surface area is 135 Å². The van der Waals surface area contributed by atoms with Crippen LogP contribution in [0.3, 0.4) is 0 Å². The van der Waals surface area contributed by atoms with E-state index in [1.165, 1.54) is 23.5 Å². The first kappa shape index (κ1) is 14.6. The van der Waals surface area contributed by atoms with E-state index in [0.717, 1.165) is 10.5 Å². The predicted octanol–water partition coefficient (Wildman–Crippen LogP) is 3.45. The average Bonchev–Trinajstić information content (AvgIpc) is 2.83. The molecule has 0 atom stereocenters. The second-order valence-electron chi connectivity index (χ2n) is 4.61. The van der Waals surface area contributed by atoms with Gasteiger partial charge in [-0.1, -0.05) is 11.6 Å². The van der Waals surface area contributed by atoms with E-state index < -0.39 is 0 Å².